The van der Waals surface area contributed by atoms with Gasteiger partial charge in [0.1, 0.15) is 0 Å². The maximum atomic E-state index is 10.7. The van der Waals surface area contributed by atoms with Crippen molar-refractivity contribution in [2.24, 2.45) is 46.3 Å². The highest BCUT2D eigenvalue weighted by atomic mass is 16.5. The molecule has 4 unspecified atom stereocenters. The molecular weight excluding hydrogens is 478 g/mol. The largest absolute Gasteiger partial charge is 0.389 e. The molecule has 3 saturated carbocycles. The zero-order chi connectivity index (χ0) is 28.2. The standard InChI is InChI=1S/C36H65NO2/c1-8-21-37(22-9-2)24-29(38)25-39-30-17-19-35(6)28(23-30)13-14-31-33-16-15-32(27(5)12-10-11-26(3)4)36(33,7)20-18-34(31)35/h13,26-27,29-34,38H,8-12,14-25H2,1-7H3/t27-,29?,30+,31?,32-,33?,34?,35+,36-/m1/s1. The van der Waals surface area contributed by atoms with Gasteiger partial charge in [0.15, 0.2) is 0 Å². The van der Waals surface area contributed by atoms with Gasteiger partial charge in [-0.1, -0.05) is 79.4 Å². The molecule has 4 aliphatic rings. The normalized spacial score (nSPS) is 37.8. The van der Waals surface area contributed by atoms with E-state index in [0.29, 0.717) is 17.4 Å². The van der Waals surface area contributed by atoms with Crippen molar-refractivity contribution in [1.82, 2.24) is 4.90 Å². The Bertz CT molecular complexity index is 787. The molecule has 3 heteroatoms. The smallest absolute Gasteiger partial charge is 0.0900 e. The molecule has 9 atom stereocenters. The van der Waals surface area contributed by atoms with E-state index < -0.39 is 0 Å². The van der Waals surface area contributed by atoms with Gasteiger partial charge in [0.25, 0.3) is 0 Å². The van der Waals surface area contributed by atoms with Crippen molar-refractivity contribution in [1.29, 1.82) is 0 Å². The van der Waals surface area contributed by atoms with Crippen LogP contribution in [-0.4, -0.2) is 48.5 Å². The molecule has 3 fully saturated rings. The summed E-state index contributed by atoms with van der Waals surface area (Å²) in [5.41, 5.74) is 2.65. The summed E-state index contributed by atoms with van der Waals surface area (Å²) in [4.78, 5) is 2.40. The second-order valence-corrected chi connectivity index (χ2v) is 15.4. The molecule has 3 nitrogen and oxygen atoms in total. The monoisotopic (exact) mass is 544 g/mol. The average Bonchev–Trinajstić information content (AvgIpc) is 3.24. The molecule has 1 N–H and O–H groups in total. The Labute approximate surface area is 242 Å². The van der Waals surface area contributed by atoms with Crippen LogP contribution in [0, 0.1) is 46.3 Å². The lowest BCUT2D eigenvalue weighted by molar-refractivity contribution is -0.0729. The maximum Gasteiger partial charge on any atom is 0.0900 e. The second-order valence-electron chi connectivity index (χ2n) is 15.4. The van der Waals surface area contributed by atoms with Gasteiger partial charge >= 0.3 is 0 Å². The molecule has 4 aliphatic carbocycles. The van der Waals surface area contributed by atoms with E-state index >= 15 is 0 Å². The Morgan fingerprint density at radius 1 is 0.974 bits per heavy atom. The first-order chi connectivity index (χ1) is 18.6. The van der Waals surface area contributed by atoms with E-state index in [-0.39, 0.29) is 12.2 Å². The van der Waals surface area contributed by atoms with E-state index in [4.69, 9.17) is 4.74 Å². The van der Waals surface area contributed by atoms with Crippen molar-refractivity contribution in [2.75, 3.05) is 26.2 Å². The van der Waals surface area contributed by atoms with Crippen molar-refractivity contribution < 1.29 is 9.84 Å². The molecule has 226 valence electrons. The van der Waals surface area contributed by atoms with Gasteiger partial charge in [-0.15, -0.1) is 0 Å². The third kappa shape index (κ3) is 6.99. The maximum absolute atomic E-state index is 10.7. The predicted molar refractivity (Wildman–Crippen MR) is 166 cm³/mol. The van der Waals surface area contributed by atoms with Gasteiger partial charge < -0.3 is 14.7 Å². The van der Waals surface area contributed by atoms with Crippen LogP contribution in [0.3, 0.4) is 0 Å². The van der Waals surface area contributed by atoms with E-state index in [2.05, 4.69) is 59.4 Å². The third-order valence-corrected chi connectivity index (χ3v) is 12.3. The number of aliphatic hydroxyl groups is 1. The summed E-state index contributed by atoms with van der Waals surface area (Å²) >= 11 is 0. The molecule has 0 aromatic heterocycles. The summed E-state index contributed by atoms with van der Waals surface area (Å²) in [5, 5.41) is 10.7. The number of ether oxygens (including phenoxy) is 1. The predicted octanol–water partition coefficient (Wildman–Crippen LogP) is 8.90. The highest BCUT2D eigenvalue weighted by molar-refractivity contribution is 5.25. The van der Waals surface area contributed by atoms with Crippen LogP contribution in [0.15, 0.2) is 11.6 Å². The third-order valence-electron chi connectivity index (χ3n) is 12.3. The van der Waals surface area contributed by atoms with Gasteiger partial charge in [-0.3, -0.25) is 0 Å². The summed E-state index contributed by atoms with van der Waals surface area (Å²) in [6, 6.07) is 0. The van der Waals surface area contributed by atoms with Crippen LogP contribution in [0.4, 0.5) is 0 Å². The topological polar surface area (TPSA) is 32.7 Å². The Morgan fingerprint density at radius 3 is 2.41 bits per heavy atom. The zero-order valence-corrected chi connectivity index (χ0v) is 27.0. The van der Waals surface area contributed by atoms with E-state index in [1.54, 1.807) is 5.57 Å². The van der Waals surface area contributed by atoms with Gasteiger partial charge in [0.2, 0.25) is 0 Å². The number of hydrogen-bond donors (Lipinski definition) is 1. The number of allylic oxidation sites excluding steroid dienone is 1. The van der Waals surface area contributed by atoms with Crippen LogP contribution < -0.4 is 0 Å². The fraction of sp³-hybridized carbons (Fsp3) is 0.944. The van der Waals surface area contributed by atoms with Gasteiger partial charge in [-0.25, -0.2) is 0 Å². The minimum absolute atomic E-state index is 0.290. The lowest BCUT2D eigenvalue weighted by Crippen LogP contribution is -2.51. The van der Waals surface area contributed by atoms with Crippen molar-refractivity contribution in [3.63, 3.8) is 0 Å². The molecule has 0 aromatic carbocycles. The number of nitrogens with zero attached hydrogens (tertiary/aromatic N) is 1. The van der Waals surface area contributed by atoms with E-state index in [0.717, 1.165) is 80.8 Å². The van der Waals surface area contributed by atoms with Crippen LogP contribution in [0.25, 0.3) is 0 Å². The van der Waals surface area contributed by atoms with Gasteiger partial charge in [-0.2, -0.15) is 0 Å². The lowest BCUT2D eigenvalue weighted by Gasteiger charge is -2.58. The van der Waals surface area contributed by atoms with Crippen LogP contribution in [-0.2, 0) is 4.74 Å². The van der Waals surface area contributed by atoms with Crippen molar-refractivity contribution >= 4 is 0 Å². The fourth-order valence-corrected chi connectivity index (χ4v) is 10.3. The summed E-state index contributed by atoms with van der Waals surface area (Å²) < 4.78 is 6.39. The molecule has 0 amide bonds. The highest BCUT2D eigenvalue weighted by Crippen LogP contribution is 2.67. The molecule has 0 aliphatic heterocycles. The first kappa shape index (κ1) is 31.6. The first-order valence-corrected chi connectivity index (χ1v) is 17.3. The average molecular weight is 544 g/mol. The van der Waals surface area contributed by atoms with Crippen molar-refractivity contribution in [3.05, 3.63) is 11.6 Å². The Kier molecular flexibility index (Phi) is 11.1. The van der Waals surface area contributed by atoms with Gasteiger partial charge in [-0.05, 0) is 124 Å². The Morgan fingerprint density at radius 2 is 1.72 bits per heavy atom. The number of aliphatic hydroxyl groups excluding tert-OH is 1. The van der Waals surface area contributed by atoms with Crippen LogP contribution in [0.1, 0.15) is 132 Å². The molecule has 0 bridgehead atoms. The molecule has 0 spiro atoms. The minimum Gasteiger partial charge on any atom is -0.389 e. The molecule has 0 aromatic rings. The van der Waals surface area contributed by atoms with Crippen LogP contribution in [0.5, 0.6) is 0 Å². The molecule has 0 saturated heterocycles. The SMILES string of the molecule is CCCN(CCC)CC(O)CO[C@H]1CC[C@@]2(C)C(=CCC3C2CC[C@@]2(C)C3CC[C@@H]2[C@H](C)CCCC(C)C)C1. The first-order valence-electron chi connectivity index (χ1n) is 17.3. The van der Waals surface area contributed by atoms with E-state index in [9.17, 15) is 5.11 Å². The van der Waals surface area contributed by atoms with Crippen LogP contribution in [0.2, 0.25) is 0 Å². The molecule has 0 radical (unpaired) electrons. The quantitative estimate of drug-likeness (QED) is 0.222. The minimum atomic E-state index is -0.375. The highest BCUT2D eigenvalue weighted by Gasteiger charge is 2.59. The van der Waals surface area contributed by atoms with E-state index in [1.807, 2.05) is 0 Å². The summed E-state index contributed by atoms with van der Waals surface area (Å²) in [5.74, 6) is 5.37. The van der Waals surface area contributed by atoms with Crippen molar-refractivity contribution in [2.45, 2.75) is 144 Å². The zero-order valence-electron chi connectivity index (χ0n) is 27.0. The fourth-order valence-electron chi connectivity index (χ4n) is 10.3. The summed E-state index contributed by atoms with van der Waals surface area (Å²) in [6.07, 6.45) is 19.8. The molecular formula is C36H65NO2. The Balaban J connectivity index is 1.33. The van der Waals surface area contributed by atoms with Crippen LogP contribution >= 0.6 is 0 Å². The molecule has 0 heterocycles. The summed E-state index contributed by atoms with van der Waals surface area (Å²) in [7, 11) is 0. The number of fused-ring (bicyclic) bond motifs is 5. The molecule has 4 rings (SSSR count). The van der Waals surface area contributed by atoms with Gasteiger partial charge in [0, 0.05) is 6.54 Å². The number of hydrogen-bond acceptors (Lipinski definition) is 3. The van der Waals surface area contributed by atoms with Gasteiger partial charge in [0.05, 0.1) is 18.8 Å². The Hall–Kier alpha value is -0.380. The summed E-state index contributed by atoms with van der Waals surface area (Å²) in [6.45, 7) is 20.5. The molecule has 39 heavy (non-hydrogen) atoms. The number of rotatable bonds is 14. The second kappa shape index (κ2) is 13.7. The van der Waals surface area contributed by atoms with E-state index in [1.165, 1.54) is 57.8 Å². The lowest BCUT2D eigenvalue weighted by atomic mass is 9.47. The van der Waals surface area contributed by atoms with Crippen molar-refractivity contribution in [3.8, 4) is 0 Å².